The van der Waals surface area contributed by atoms with Gasteiger partial charge in [0.1, 0.15) is 6.10 Å². The summed E-state index contributed by atoms with van der Waals surface area (Å²) in [7, 11) is -1.21. The summed E-state index contributed by atoms with van der Waals surface area (Å²) in [5, 5.41) is 32.1. The molecule has 0 fully saturated rings. The molecule has 0 saturated heterocycles. The minimum absolute atomic E-state index is 1.59. The lowest BCUT2D eigenvalue weighted by molar-refractivity contribution is -0.140. The van der Waals surface area contributed by atoms with Crippen molar-refractivity contribution < 1.29 is 42.1 Å². The number of carbonyl (C=O) groups excluding carboxylic acids is 1. The van der Waals surface area contributed by atoms with Crippen molar-refractivity contribution in [2.45, 2.75) is 23.4 Å². The molecular weight excluding hydrogens is 369 g/mol. The van der Waals surface area contributed by atoms with Gasteiger partial charge >= 0.3 is 5.06 Å². The third-order valence-electron chi connectivity index (χ3n) is 2.00. The van der Waals surface area contributed by atoms with Crippen LogP contribution < -0.4 is 0 Å². The second kappa shape index (κ2) is 6.15. The van der Waals surface area contributed by atoms with E-state index in [4.69, 9.17) is 5.11 Å². The summed E-state index contributed by atoms with van der Waals surface area (Å²) in [5.41, 5.74) is 0. The van der Waals surface area contributed by atoms with Crippen LogP contribution in [0.25, 0.3) is 0 Å². The largest absolute Gasteiger partial charge is 0.387 e. The average molecular weight is 376 g/mol. The highest BCUT2D eigenvalue weighted by Crippen LogP contribution is 2.27. The van der Waals surface area contributed by atoms with Crippen molar-refractivity contribution in [3.63, 3.8) is 0 Å². The van der Waals surface area contributed by atoms with Crippen molar-refractivity contribution in [3.8, 4) is 0 Å². The smallest absolute Gasteiger partial charge is 0.342 e. The van der Waals surface area contributed by atoms with Crippen molar-refractivity contribution in [1.29, 1.82) is 0 Å². The average Bonchev–Trinajstić information content (AvgIpc) is 2.31. The lowest BCUT2D eigenvalue weighted by atomic mass is 10.1. The highest BCUT2D eigenvalue weighted by atomic mass is 35.7. The van der Waals surface area contributed by atoms with Gasteiger partial charge in [-0.3, -0.25) is 4.79 Å². The zero-order valence-corrected chi connectivity index (χ0v) is 12.1. The zero-order chi connectivity index (χ0) is 16.5. The van der Waals surface area contributed by atoms with Gasteiger partial charge in [-0.15, -0.1) is 4.91 Å². The molecule has 11 nitrogen and oxygen atoms in total. The highest BCUT2D eigenvalue weighted by molar-refractivity contribution is 8.25. The van der Waals surface area contributed by atoms with Crippen LogP contribution >= 0.6 is 21.4 Å². The highest BCUT2D eigenvalue weighted by Gasteiger charge is 2.55. The molecule has 0 heterocycles. The number of aliphatic hydroxyl groups is 4. The van der Waals surface area contributed by atoms with E-state index in [-0.39, 0.29) is 0 Å². The summed E-state index contributed by atoms with van der Waals surface area (Å²) in [6.45, 7) is 0. The Kier molecular flexibility index (Phi) is 6.02. The number of nitroso groups, excluding NO2 is 1. The Hall–Kier alpha value is -0.410. The van der Waals surface area contributed by atoms with Crippen LogP contribution in [0.4, 0.5) is 0 Å². The van der Waals surface area contributed by atoms with Gasteiger partial charge in [-0.2, -0.15) is 0 Å². The third kappa shape index (κ3) is 3.82. The van der Waals surface area contributed by atoms with Crippen LogP contribution in [-0.4, -0.2) is 65.7 Å². The van der Waals surface area contributed by atoms with Gasteiger partial charge in [0.15, 0.2) is 12.2 Å². The molecule has 4 atom stereocenters. The van der Waals surface area contributed by atoms with Gasteiger partial charge in [-0.1, -0.05) is 0 Å². The molecule has 20 heavy (non-hydrogen) atoms. The van der Waals surface area contributed by atoms with Crippen molar-refractivity contribution >= 4 is 44.6 Å². The van der Waals surface area contributed by atoms with Crippen LogP contribution in [0.3, 0.4) is 0 Å². The summed E-state index contributed by atoms with van der Waals surface area (Å²) >= 11 is 0. The second-order valence-corrected chi connectivity index (χ2v) is 8.52. The SMILES string of the molecule is O=N[C@@](O)([C@H](O)[C@@H](O)[C@H](O)C(=O)S(=O)(=O)Cl)S(=O)(=O)Cl. The molecule has 15 heteroatoms. The molecule has 0 aliphatic rings. The van der Waals surface area contributed by atoms with Crippen molar-refractivity contribution in [3.05, 3.63) is 4.91 Å². The second-order valence-electron chi connectivity index (χ2n) is 3.32. The zero-order valence-electron chi connectivity index (χ0n) is 8.99. The quantitative estimate of drug-likeness (QED) is 0.276. The maximum Gasteiger partial charge on any atom is 0.342 e. The number of hydrogen-bond acceptors (Lipinski definition) is 11. The summed E-state index contributed by atoms with van der Waals surface area (Å²) in [4.78, 5) is 21.2. The molecule has 4 N–H and O–H groups in total. The molecule has 0 aromatic heterocycles. The summed E-state index contributed by atoms with van der Waals surface area (Å²) in [6, 6.07) is 0. The van der Waals surface area contributed by atoms with Crippen LogP contribution in [0.1, 0.15) is 0 Å². The third-order valence-corrected chi connectivity index (χ3v) is 4.90. The summed E-state index contributed by atoms with van der Waals surface area (Å²) in [5.74, 6) is 0. The molecule has 118 valence electrons. The van der Waals surface area contributed by atoms with Gasteiger partial charge in [0.05, 0.1) is 0 Å². The first-order chi connectivity index (χ1) is 8.70. The summed E-state index contributed by atoms with van der Waals surface area (Å²) < 4.78 is 42.9. The van der Waals surface area contributed by atoms with Crippen LogP contribution in [0, 0.1) is 4.91 Å². The molecule has 0 saturated carbocycles. The lowest BCUT2D eigenvalue weighted by Gasteiger charge is -2.27. The molecule has 0 radical (unpaired) electrons. The number of carbonyl (C=O) groups is 1. The van der Waals surface area contributed by atoms with E-state index in [2.05, 4.69) is 21.4 Å². The molecule has 0 aliphatic carbocycles. The lowest BCUT2D eigenvalue weighted by Crippen LogP contribution is -2.56. The minimum atomic E-state index is -5.32. The Morgan fingerprint density at radius 1 is 1.10 bits per heavy atom. The standard InChI is InChI=1S/C5H7Cl2NO10S2/c6-19(15,16)4(12)2(10)1(9)3(11)5(13,8-14)20(7,17)18/h1-3,9-11,13H/t1-,2-,3+,5+/m0/s1. The first kappa shape index (κ1) is 19.6. The molecule has 0 unspecified atom stereocenters. The van der Waals surface area contributed by atoms with Crippen molar-refractivity contribution in [2.75, 3.05) is 0 Å². The number of rotatable bonds is 6. The maximum absolute atomic E-state index is 11.0. The molecule has 0 aromatic carbocycles. The predicted molar refractivity (Wildman–Crippen MR) is 63.3 cm³/mol. The number of nitrogens with zero attached hydrogens (tertiary/aromatic N) is 1. The topological polar surface area (TPSA) is 196 Å². The Bertz CT molecular complexity index is 601. The minimum Gasteiger partial charge on any atom is -0.387 e. The Morgan fingerprint density at radius 3 is 1.75 bits per heavy atom. The number of aliphatic hydroxyl groups excluding tert-OH is 3. The van der Waals surface area contributed by atoms with E-state index >= 15 is 0 Å². The molecule has 0 amide bonds. The molecule has 0 rings (SSSR count). The van der Waals surface area contributed by atoms with Crippen molar-refractivity contribution in [1.82, 2.24) is 0 Å². The van der Waals surface area contributed by atoms with E-state index in [9.17, 15) is 41.9 Å². The molecule has 0 aromatic rings. The summed E-state index contributed by atoms with van der Waals surface area (Å²) in [6.07, 6.45) is -9.06. The van der Waals surface area contributed by atoms with E-state index in [1.807, 2.05) is 0 Å². The fourth-order valence-corrected chi connectivity index (χ4v) is 2.50. The van der Waals surface area contributed by atoms with Gasteiger partial charge in [-0.25, -0.2) is 16.8 Å². The normalized spacial score (nSPS) is 20.5. The van der Waals surface area contributed by atoms with E-state index in [1.165, 1.54) is 0 Å². The molecule has 0 aliphatic heterocycles. The van der Waals surface area contributed by atoms with Crippen LogP contribution in [0.15, 0.2) is 5.18 Å². The van der Waals surface area contributed by atoms with Crippen LogP contribution in [0.2, 0.25) is 0 Å². The number of halogens is 2. The van der Waals surface area contributed by atoms with Gasteiger partial charge < -0.3 is 20.4 Å². The van der Waals surface area contributed by atoms with E-state index < -0.39 is 46.6 Å². The Labute approximate surface area is 120 Å². The number of hydrogen-bond donors (Lipinski definition) is 4. The van der Waals surface area contributed by atoms with Gasteiger partial charge in [0.2, 0.25) is 0 Å². The van der Waals surface area contributed by atoms with Crippen LogP contribution in [0.5, 0.6) is 0 Å². The Morgan fingerprint density at radius 2 is 1.50 bits per heavy atom. The molecule has 0 bridgehead atoms. The van der Waals surface area contributed by atoms with E-state index in [0.717, 1.165) is 0 Å². The van der Waals surface area contributed by atoms with E-state index in [1.54, 1.807) is 5.18 Å². The van der Waals surface area contributed by atoms with Gasteiger partial charge in [-0.05, 0) is 5.18 Å². The first-order valence-electron chi connectivity index (χ1n) is 4.24. The Balaban J connectivity index is 5.57. The predicted octanol–water partition coefficient (Wildman–Crippen LogP) is -2.85. The van der Waals surface area contributed by atoms with Crippen molar-refractivity contribution in [2.24, 2.45) is 5.18 Å². The fourth-order valence-electron chi connectivity index (χ4n) is 0.922. The van der Waals surface area contributed by atoms with Crippen LogP contribution in [-0.2, 0) is 22.9 Å². The van der Waals surface area contributed by atoms with Gasteiger partial charge in [0.25, 0.3) is 23.2 Å². The molecule has 0 spiro atoms. The fraction of sp³-hybridized carbons (Fsp3) is 0.800. The van der Waals surface area contributed by atoms with E-state index in [0.29, 0.717) is 0 Å². The first-order valence-corrected chi connectivity index (χ1v) is 8.85. The maximum atomic E-state index is 11.0. The monoisotopic (exact) mass is 375 g/mol. The van der Waals surface area contributed by atoms with Gasteiger partial charge in [0, 0.05) is 21.4 Å². The molecular formula is C5H7Cl2NO10S2.